The lowest BCUT2D eigenvalue weighted by atomic mass is 10.2. The molecular formula is C17H14N4O4. The maximum Gasteiger partial charge on any atom is 0.379 e. The number of rotatable bonds is 5. The van der Waals surface area contributed by atoms with Gasteiger partial charge in [0, 0.05) is 11.8 Å². The summed E-state index contributed by atoms with van der Waals surface area (Å²) in [7, 11) is 0. The zero-order valence-electron chi connectivity index (χ0n) is 13.2. The minimum absolute atomic E-state index is 0.134. The van der Waals surface area contributed by atoms with Gasteiger partial charge in [0.1, 0.15) is 5.75 Å². The lowest BCUT2D eigenvalue weighted by molar-refractivity contribution is 0.0701. The second-order valence-electron chi connectivity index (χ2n) is 5.04. The third-order valence-electron chi connectivity index (χ3n) is 3.07. The van der Waals surface area contributed by atoms with Gasteiger partial charge in [0.2, 0.25) is 11.7 Å². The fourth-order valence-corrected chi connectivity index (χ4v) is 1.97. The summed E-state index contributed by atoms with van der Waals surface area (Å²) in [4.78, 5) is 29.7. The molecule has 0 aliphatic heterocycles. The highest BCUT2D eigenvalue weighted by Gasteiger charge is 2.10. The van der Waals surface area contributed by atoms with Crippen molar-refractivity contribution in [2.45, 2.75) is 6.92 Å². The Kier molecular flexibility index (Phi) is 4.70. The van der Waals surface area contributed by atoms with Crippen LogP contribution in [0.5, 0.6) is 5.75 Å². The Morgan fingerprint density at radius 3 is 2.80 bits per heavy atom. The van der Waals surface area contributed by atoms with E-state index in [1.807, 2.05) is 0 Å². The Hall–Kier alpha value is -3.68. The molecule has 0 bridgehead atoms. The molecule has 2 heterocycles. The van der Waals surface area contributed by atoms with E-state index in [0.29, 0.717) is 11.4 Å². The Balaban J connectivity index is 1.60. The molecule has 0 unspecified atom stereocenters. The zero-order valence-corrected chi connectivity index (χ0v) is 13.2. The molecule has 1 aromatic carbocycles. The van der Waals surface area contributed by atoms with Crippen molar-refractivity contribution < 1.29 is 13.9 Å². The van der Waals surface area contributed by atoms with Crippen LogP contribution in [0.3, 0.4) is 0 Å². The maximum absolute atomic E-state index is 11.8. The molecule has 0 fully saturated rings. The van der Waals surface area contributed by atoms with Crippen LogP contribution < -0.4 is 15.7 Å². The van der Waals surface area contributed by atoms with Gasteiger partial charge in [0.25, 0.3) is 5.56 Å². The number of nitrogens with one attached hydrogen (secondary N) is 2. The molecule has 8 heteroatoms. The number of furan rings is 1. The normalized spacial score (nSPS) is 10.8. The molecule has 0 aliphatic carbocycles. The van der Waals surface area contributed by atoms with E-state index in [2.05, 4.69) is 20.5 Å². The largest absolute Gasteiger partial charge is 0.457 e. The summed E-state index contributed by atoms with van der Waals surface area (Å²) in [5.74, 6) is 0.207. The van der Waals surface area contributed by atoms with E-state index in [4.69, 9.17) is 9.15 Å². The molecule has 0 spiro atoms. The maximum atomic E-state index is 11.8. The molecule has 0 radical (unpaired) electrons. The molecule has 25 heavy (non-hydrogen) atoms. The summed E-state index contributed by atoms with van der Waals surface area (Å²) in [6.45, 7) is 1.72. The Morgan fingerprint density at radius 2 is 2.12 bits per heavy atom. The Labute approximate surface area is 142 Å². The summed E-state index contributed by atoms with van der Waals surface area (Å²) in [6, 6.07) is 11.2. The fourth-order valence-electron chi connectivity index (χ4n) is 1.97. The molecule has 3 aromatic rings. The van der Waals surface area contributed by atoms with Crippen molar-refractivity contribution >= 4 is 18.1 Å². The number of benzene rings is 1. The van der Waals surface area contributed by atoms with Crippen LogP contribution in [0.1, 0.15) is 21.8 Å². The van der Waals surface area contributed by atoms with Crippen LogP contribution in [0.25, 0.3) is 0 Å². The van der Waals surface area contributed by atoms with Crippen LogP contribution in [-0.2, 0) is 0 Å². The van der Waals surface area contributed by atoms with Crippen molar-refractivity contribution in [3.8, 4) is 5.75 Å². The van der Waals surface area contributed by atoms with Gasteiger partial charge in [0.05, 0.1) is 12.5 Å². The number of esters is 1. The Morgan fingerprint density at radius 1 is 1.32 bits per heavy atom. The van der Waals surface area contributed by atoms with Crippen LogP contribution in [0.4, 0.5) is 5.95 Å². The molecule has 2 aromatic heterocycles. The zero-order chi connectivity index (χ0) is 17.6. The predicted octanol–water partition coefficient (Wildman–Crippen LogP) is 2.34. The van der Waals surface area contributed by atoms with Crippen molar-refractivity contribution in [2.24, 2.45) is 5.10 Å². The standard InChI is InChI=1S/C17H14N4O4/c1-11-9-15(22)20-17(19-11)21-18-10-12-4-6-13(7-5-12)25-16(23)14-3-2-8-24-14/h2-10H,1H3,(H2,19,20,21,22)/b18-10+. The van der Waals surface area contributed by atoms with Crippen molar-refractivity contribution in [1.82, 2.24) is 9.97 Å². The number of H-pyrrole nitrogens is 1. The lowest BCUT2D eigenvalue weighted by Gasteiger charge is -2.02. The first-order valence-corrected chi connectivity index (χ1v) is 7.33. The second kappa shape index (κ2) is 7.26. The third kappa shape index (κ3) is 4.41. The molecule has 0 amide bonds. The minimum atomic E-state index is -0.567. The highest BCUT2D eigenvalue weighted by molar-refractivity contribution is 5.88. The number of hydrogen-bond donors (Lipinski definition) is 2. The van der Waals surface area contributed by atoms with E-state index in [1.165, 1.54) is 18.4 Å². The van der Waals surface area contributed by atoms with Gasteiger partial charge in [-0.15, -0.1) is 0 Å². The van der Waals surface area contributed by atoms with E-state index in [9.17, 15) is 9.59 Å². The highest BCUT2D eigenvalue weighted by Crippen LogP contribution is 2.14. The number of aromatic nitrogens is 2. The summed E-state index contributed by atoms with van der Waals surface area (Å²) >= 11 is 0. The smallest absolute Gasteiger partial charge is 0.379 e. The van der Waals surface area contributed by atoms with E-state index in [0.717, 1.165) is 5.56 Å². The van der Waals surface area contributed by atoms with E-state index in [1.54, 1.807) is 43.5 Å². The van der Waals surface area contributed by atoms with E-state index in [-0.39, 0.29) is 17.3 Å². The lowest BCUT2D eigenvalue weighted by Crippen LogP contribution is -2.10. The minimum Gasteiger partial charge on any atom is -0.457 e. The second-order valence-corrected chi connectivity index (χ2v) is 5.04. The number of carbonyl (C=O) groups excluding carboxylic acids is 1. The van der Waals surface area contributed by atoms with Crippen LogP contribution in [0, 0.1) is 6.92 Å². The van der Waals surface area contributed by atoms with Gasteiger partial charge in [0.15, 0.2) is 0 Å². The number of anilines is 1. The first-order chi connectivity index (χ1) is 12.1. The summed E-state index contributed by atoms with van der Waals surface area (Å²) < 4.78 is 10.1. The van der Waals surface area contributed by atoms with Gasteiger partial charge in [-0.05, 0) is 48.9 Å². The van der Waals surface area contributed by atoms with Crippen LogP contribution in [0.2, 0.25) is 0 Å². The van der Waals surface area contributed by atoms with Gasteiger partial charge in [-0.1, -0.05) is 0 Å². The average molecular weight is 338 g/mol. The quantitative estimate of drug-likeness (QED) is 0.320. The van der Waals surface area contributed by atoms with E-state index >= 15 is 0 Å². The molecule has 126 valence electrons. The highest BCUT2D eigenvalue weighted by atomic mass is 16.5. The monoisotopic (exact) mass is 338 g/mol. The van der Waals surface area contributed by atoms with Crippen LogP contribution >= 0.6 is 0 Å². The molecular weight excluding hydrogens is 324 g/mol. The van der Waals surface area contributed by atoms with Gasteiger partial charge in [-0.25, -0.2) is 15.2 Å². The molecule has 3 rings (SSSR count). The third-order valence-corrected chi connectivity index (χ3v) is 3.07. The van der Waals surface area contributed by atoms with Crippen LogP contribution in [0.15, 0.2) is 63.0 Å². The van der Waals surface area contributed by atoms with Crippen molar-refractivity contribution in [3.63, 3.8) is 0 Å². The molecule has 0 saturated carbocycles. The number of hydrazone groups is 1. The molecule has 0 saturated heterocycles. The summed E-state index contributed by atoms with van der Waals surface area (Å²) in [6.07, 6.45) is 2.94. The average Bonchev–Trinajstić information content (AvgIpc) is 3.10. The molecule has 2 N–H and O–H groups in total. The molecule has 0 aliphatic rings. The topological polar surface area (TPSA) is 110 Å². The van der Waals surface area contributed by atoms with Gasteiger partial charge >= 0.3 is 5.97 Å². The number of hydrogen-bond acceptors (Lipinski definition) is 7. The number of ether oxygens (including phenoxy) is 1. The van der Waals surface area contributed by atoms with Crippen molar-refractivity contribution in [1.29, 1.82) is 0 Å². The SMILES string of the molecule is Cc1cc(=O)[nH]c(N/N=C/c2ccc(OC(=O)c3ccco3)cc2)n1. The van der Waals surface area contributed by atoms with Gasteiger partial charge in [-0.3, -0.25) is 9.78 Å². The summed E-state index contributed by atoms with van der Waals surface area (Å²) in [5.41, 5.74) is 3.74. The van der Waals surface area contributed by atoms with Gasteiger partial charge < -0.3 is 9.15 Å². The number of nitrogens with zero attached hydrogens (tertiary/aromatic N) is 2. The first-order valence-electron chi connectivity index (χ1n) is 7.33. The first kappa shape index (κ1) is 16.2. The Bertz CT molecular complexity index is 944. The summed E-state index contributed by atoms with van der Waals surface area (Å²) in [5, 5.41) is 3.99. The fraction of sp³-hybridized carbons (Fsp3) is 0.0588. The van der Waals surface area contributed by atoms with Crippen molar-refractivity contribution in [3.05, 3.63) is 76.1 Å². The molecule has 0 atom stereocenters. The number of aryl methyl sites for hydroxylation is 1. The molecule has 8 nitrogen and oxygen atoms in total. The number of aromatic amines is 1. The number of carbonyl (C=O) groups is 1. The van der Waals surface area contributed by atoms with E-state index < -0.39 is 5.97 Å². The van der Waals surface area contributed by atoms with Crippen LogP contribution in [-0.4, -0.2) is 22.2 Å². The van der Waals surface area contributed by atoms with Gasteiger partial charge in [-0.2, -0.15) is 5.10 Å². The predicted molar refractivity (Wildman–Crippen MR) is 90.9 cm³/mol. The van der Waals surface area contributed by atoms with Crippen molar-refractivity contribution in [2.75, 3.05) is 5.43 Å².